The first-order valence-corrected chi connectivity index (χ1v) is 21.0. The van der Waals surface area contributed by atoms with E-state index in [1.807, 2.05) is 6.07 Å². The third-order valence-corrected chi connectivity index (χ3v) is 12.8. The molecule has 0 aliphatic carbocycles. The minimum Gasteiger partial charge on any atom is -0.454 e. The molecule has 6 heteroatoms. The van der Waals surface area contributed by atoms with Crippen LogP contribution in [0.5, 0.6) is 0 Å². The van der Waals surface area contributed by atoms with Gasteiger partial charge in [0.25, 0.3) is 0 Å². The van der Waals surface area contributed by atoms with Crippen LogP contribution in [0.1, 0.15) is 25.3 Å². The summed E-state index contributed by atoms with van der Waals surface area (Å²) in [4.78, 5) is 4.89. The van der Waals surface area contributed by atoms with Gasteiger partial charge in [0.15, 0.2) is 11.2 Å². The molecule has 284 valence electrons. The second-order valence-corrected chi connectivity index (χ2v) is 16.2. The van der Waals surface area contributed by atoms with Crippen molar-refractivity contribution in [1.82, 2.24) is 0 Å². The maximum Gasteiger partial charge on any atom is 0.337 e. The largest absolute Gasteiger partial charge is 0.454 e. The summed E-state index contributed by atoms with van der Waals surface area (Å²) < 4.78 is 21.3. The summed E-state index contributed by atoms with van der Waals surface area (Å²) in [6.45, 7) is 1.95. The van der Waals surface area contributed by atoms with Crippen LogP contribution in [-0.4, -0.2) is 6.85 Å². The molecule has 0 saturated carbocycles. The van der Waals surface area contributed by atoms with Gasteiger partial charge in [-0.05, 0) is 89.6 Å². The average Bonchev–Trinajstić information content (AvgIpc) is 4.01. The summed E-state index contributed by atoms with van der Waals surface area (Å²) in [7, 11) is 0. The van der Waals surface area contributed by atoms with Gasteiger partial charge in [-0.15, -0.1) is 0 Å². The number of nitrogens with zero attached hydrogens (tertiary/aromatic N) is 2. The molecule has 8 aromatic carbocycles. The number of unbranched alkanes of at least 4 members (excludes halogenated alkanes) is 1. The number of aryl methyl sites for hydroxylation is 1. The monoisotopic (exact) mass is 772 g/mol. The lowest BCUT2D eigenvalue weighted by Crippen LogP contribution is -2.61. The van der Waals surface area contributed by atoms with Gasteiger partial charge >= 0.3 is 6.85 Å². The molecule has 0 spiro atoms. The third kappa shape index (κ3) is 4.64. The Kier molecular flexibility index (Phi) is 7.14. The molecule has 5 nitrogen and oxygen atoms in total. The molecule has 0 amide bonds. The average molecular weight is 773 g/mol. The Morgan fingerprint density at radius 2 is 1.12 bits per heavy atom. The highest BCUT2D eigenvalue weighted by Gasteiger charge is 2.50. The maximum atomic E-state index is 7.26. The lowest BCUT2D eigenvalue weighted by molar-refractivity contribution is 0.620. The van der Waals surface area contributed by atoms with Crippen molar-refractivity contribution < 1.29 is 13.3 Å². The van der Waals surface area contributed by atoms with Crippen molar-refractivity contribution in [2.75, 3.05) is 9.71 Å². The number of benzene rings is 8. The Labute approximate surface area is 346 Å². The van der Waals surface area contributed by atoms with Gasteiger partial charge < -0.3 is 18.1 Å². The lowest BCUT2D eigenvalue weighted by Gasteiger charge is -2.44. The van der Waals surface area contributed by atoms with Crippen molar-refractivity contribution in [3.63, 3.8) is 0 Å². The minimum absolute atomic E-state index is 0.305. The SMILES string of the molecule is CCCCc1ccc(N2c3oc4ccccc4c3B3c4c(cc5c(oc6ccccc65)c42)-c2ccc4c(oc5ccccc54)c2N3c2ccccc2)c(-c2ccccc2)c1. The van der Waals surface area contributed by atoms with E-state index in [-0.39, 0.29) is 6.85 Å². The van der Waals surface area contributed by atoms with Gasteiger partial charge in [-0.3, -0.25) is 4.90 Å². The van der Waals surface area contributed by atoms with E-state index in [4.69, 9.17) is 13.3 Å². The summed E-state index contributed by atoms with van der Waals surface area (Å²) in [6.07, 6.45) is 3.28. The molecule has 0 unspecified atom stereocenters. The fraction of sp³-hybridized carbons (Fsp3) is 0.0741. The van der Waals surface area contributed by atoms with Crippen molar-refractivity contribution >= 4 is 101 Å². The number of para-hydroxylation sites is 4. The fourth-order valence-corrected chi connectivity index (χ4v) is 10.2. The highest BCUT2D eigenvalue weighted by molar-refractivity contribution is 6.95. The highest BCUT2D eigenvalue weighted by atomic mass is 16.4. The zero-order valence-electron chi connectivity index (χ0n) is 33.0. The van der Waals surface area contributed by atoms with Crippen molar-refractivity contribution in [2.24, 2.45) is 0 Å². The number of furan rings is 3. The van der Waals surface area contributed by atoms with Gasteiger partial charge in [0, 0.05) is 49.2 Å². The number of hydrogen-bond donors (Lipinski definition) is 0. The van der Waals surface area contributed by atoms with Gasteiger partial charge in [0.1, 0.15) is 16.7 Å². The number of anilines is 5. The van der Waals surface area contributed by atoms with E-state index in [0.29, 0.717) is 0 Å². The zero-order chi connectivity index (χ0) is 39.5. The molecule has 13 rings (SSSR count). The van der Waals surface area contributed by atoms with Crippen molar-refractivity contribution in [3.05, 3.63) is 175 Å². The molecule has 11 aromatic rings. The summed E-state index contributed by atoms with van der Waals surface area (Å²) in [6, 6.07) is 60.8. The second-order valence-electron chi connectivity index (χ2n) is 16.2. The van der Waals surface area contributed by atoms with Crippen LogP contribution in [-0.2, 0) is 6.42 Å². The van der Waals surface area contributed by atoms with Gasteiger partial charge in [-0.25, -0.2) is 0 Å². The molecule has 2 aliphatic heterocycles. The van der Waals surface area contributed by atoms with E-state index in [2.05, 4.69) is 180 Å². The van der Waals surface area contributed by atoms with E-state index in [1.165, 1.54) is 11.0 Å². The van der Waals surface area contributed by atoms with Crippen LogP contribution < -0.4 is 20.6 Å². The summed E-state index contributed by atoms with van der Waals surface area (Å²) in [5, 5.41) is 5.41. The molecule has 5 heterocycles. The fourth-order valence-electron chi connectivity index (χ4n) is 10.2. The third-order valence-electron chi connectivity index (χ3n) is 12.8. The Bertz CT molecular complexity index is 3510. The van der Waals surface area contributed by atoms with Crippen LogP contribution in [0, 0.1) is 0 Å². The molecule has 0 fully saturated rings. The van der Waals surface area contributed by atoms with Crippen LogP contribution in [0.4, 0.5) is 28.6 Å². The molecule has 0 atom stereocenters. The Morgan fingerprint density at radius 1 is 0.483 bits per heavy atom. The van der Waals surface area contributed by atoms with Gasteiger partial charge in [0.2, 0.25) is 5.88 Å². The zero-order valence-corrected chi connectivity index (χ0v) is 33.0. The first-order valence-electron chi connectivity index (χ1n) is 21.0. The molecule has 60 heavy (non-hydrogen) atoms. The standard InChI is InChI=1S/C54H37BN2O3/c1-2-3-16-33-27-30-44(41(31-33)34-17-6-4-7-18-34)56-51-48-42(32-43-37-22-11-14-25-46(37)59-53(43)51)38-28-29-39-36-21-10-13-24-45(36)58-52(39)50(38)57(35-19-8-5-9-20-35)55(48)49-40-23-12-15-26-47(40)60-54(49)56/h4-15,17-32H,2-3,16H2,1H3. The van der Waals surface area contributed by atoms with E-state index >= 15 is 0 Å². The summed E-state index contributed by atoms with van der Waals surface area (Å²) in [5.41, 5.74) is 16.6. The molecule has 3 aromatic heterocycles. The molecular weight excluding hydrogens is 735 g/mol. The molecule has 0 radical (unpaired) electrons. The second kappa shape index (κ2) is 12.8. The number of fused-ring (bicyclic) bond motifs is 14. The Morgan fingerprint density at radius 3 is 1.85 bits per heavy atom. The predicted molar refractivity (Wildman–Crippen MR) is 249 cm³/mol. The van der Waals surface area contributed by atoms with Crippen molar-refractivity contribution in [2.45, 2.75) is 26.2 Å². The van der Waals surface area contributed by atoms with Crippen LogP contribution in [0.25, 0.3) is 77.1 Å². The van der Waals surface area contributed by atoms with E-state index < -0.39 is 0 Å². The smallest absolute Gasteiger partial charge is 0.337 e. The van der Waals surface area contributed by atoms with E-state index in [0.717, 1.165) is 130 Å². The summed E-state index contributed by atoms with van der Waals surface area (Å²) in [5.74, 6) is 0.784. The summed E-state index contributed by atoms with van der Waals surface area (Å²) >= 11 is 0. The van der Waals surface area contributed by atoms with Gasteiger partial charge in [0.05, 0.1) is 17.1 Å². The molecule has 2 aliphatic rings. The molecule has 0 bridgehead atoms. The molecule has 0 saturated heterocycles. The lowest BCUT2D eigenvalue weighted by atomic mass is 9.43. The van der Waals surface area contributed by atoms with Crippen LogP contribution in [0.3, 0.4) is 0 Å². The van der Waals surface area contributed by atoms with Gasteiger partial charge in [-0.2, -0.15) is 0 Å². The number of hydrogen-bond acceptors (Lipinski definition) is 5. The van der Waals surface area contributed by atoms with Crippen molar-refractivity contribution in [3.8, 4) is 22.3 Å². The van der Waals surface area contributed by atoms with Crippen LogP contribution in [0.15, 0.2) is 183 Å². The minimum atomic E-state index is -0.305. The van der Waals surface area contributed by atoms with E-state index in [1.54, 1.807) is 0 Å². The first-order chi connectivity index (χ1) is 29.7. The Balaban J connectivity index is 1.23. The maximum absolute atomic E-state index is 7.26. The van der Waals surface area contributed by atoms with Gasteiger partial charge in [-0.1, -0.05) is 129 Å². The predicted octanol–water partition coefficient (Wildman–Crippen LogP) is 13.9. The molecular formula is C54H37BN2O3. The van der Waals surface area contributed by atoms with Crippen LogP contribution >= 0.6 is 0 Å². The van der Waals surface area contributed by atoms with Crippen molar-refractivity contribution in [1.29, 1.82) is 0 Å². The first kappa shape index (κ1) is 33.5. The number of rotatable bonds is 6. The van der Waals surface area contributed by atoms with E-state index in [9.17, 15) is 0 Å². The highest BCUT2D eigenvalue weighted by Crippen LogP contribution is 2.54. The topological polar surface area (TPSA) is 45.9 Å². The molecule has 0 N–H and O–H groups in total. The normalized spacial score (nSPS) is 13.2. The van der Waals surface area contributed by atoms with Crippen LogP contribution in [0.2, 0.25) is 0 Å². The Hall–Kier alpha value is -7.44. The quantitative estimate of drug-likeness (QED) is 0.158.